The smallest absolute Gasteiger partial charge is 0.361 e. The van der Waals surface area contributed by atoms with E-state index in [0.29, 0.717) is 23.6 Å². The molecule has 0 saturated heterocycles. The quantitative estimate of drug-likeness (QED) is 0.165. The second-order valence-corrected chi connectivity index (χ2v) is 8.50. The summed E-state index contributed by atoms with van der Waals surface area (Å²) >= 11 is 0. The predicted octanol–water partition coefficient (Wildman–Crippen LogP) is 5.89. The molecule has 0 aliphatic rings. The summed E-state index contributed by atoms with van der Waals surface area (Å²) in [6, 6.07) is 12.9. The molecule has 0 aliphatic carbocycles. The number of halogens is 3. The van der Waals surface area contributed by atoms with Crippen molar-refractivity contribution in [3.63, 3.8) is 0 Å². The van der Waals surface area contributed by atoms with E-state index in [9.17, 15) is 18.0 Å². The number of para-hydroxylation sites is 1. The van der Waals surface area contributed by atoms with E-state index in [1.165, 1.54) is 37.8 Å². The summed E-state index contributed by atoms with van der Waals surface area (Å²) < 4.78 is 42.0. The van der Waals surface area contributed by atoms with Gasteiger partial charge in [0.05, 0.1) is 46.3 Å². The zero-order valence-corrected chi connectivity index (χ0v) is 21.6. The van der Waals surface area contributed by atoms with Crippen LogP contribution in [0.3, 0.4) is 0 Å². The number of rotatable bonds is 11. The molecular weight excluding hydrogens is 493 g/mol. The fraction of sp³-hybridized carbons (Fsp3) is 0.286. The van der Waals surface area contributed by atoms with Gasteiger partial charge in [0, 0.05) is 31.0 Å². The summed E-state index contributed by atoms with van der Waals surface area (Å²) in [5.41, 5.74) is 1.20. The van der Waals surface area contributed by atoms with Gasteiger partial charge in [-0.2, -0.15) is 13.2 Å². The minimum absolute atomic E-state index is 0.0848. The van der Waals surface area contributed by atoms with E-state index in [1.54, 1.807) is 19.1 Å². The first-order valence-electron chi connectivity index (χ1n) is 12.3. The molecule has 0 atom stereocenters. The molecule has 200 valence electrons. The number of nitrogens with zero attached hydrogens (tertiary/aromatic N) is 3. The van der Waals surface area contributed by atoms with Crippen molar-refractivity contribution >= 4 is 23.0 Å². The minimum atomic E-state index is -4.63. The Morgan fingerprint density at radius 2 is 1.84 bits per heavy atom. The number of anilines is 1. The molecule has 3 rings (SSSR count). The number of carbonyl (C=O) groups is 1. The minimum Gasteiger partial charge on any atom is -0.361 e. The molecule has 0 bridgehead atoms. The van der Waals surface area contributed by atoms with E-state index in [1.807, 2.05) is 18.2 Å². The van der Waals surface area contributed by atoms with Crippen LogP contribution in [-0.4, -0.2) is 35.2 Å². The zero-order chi connectivity index (χ0) is 27.5. The van der Waals surface area contributed by atoms with Crippen LogP contribution in [0.2, 0.25) is 0 Å². The van der Waals surface area contributed by atoms with Crippen molar-refractivity contribution in [3.8, 4) is 11.3 Å². The van der Waals surface area contributed by atoms with E-state index >= 15 is 0 Å². The van der Waals surface area contributed by atoms with Gasteiger partial charge >= 0.3 is 6.18 Å². The first-order chi connectivity index (χ1) is 18.2. The molecule has 2 aromatic carbocycles. The number of likely N-dealkylation sites (N-methyl/N-ethyl adjacent to an activating group) is 1. The molecular formula is C28H31F3N6O. The highest BCUT2D eigenvalue weighted by Crippen LogP contribution is 2.38. The molecule has 0 spiro atoms. The first kappa shape index (κ1) is 28.5. The molecule has 0 radical (unpaired) electrons. The van der Waals surface area contributed by atoms with Crippen LogP contribution >= 0.6 is 0 Å². The summed E-state index contributed by atoms with van der Waals surface area (Å²) in [5, 5.41) is 8.57. The second kappa shape index (κ2) is 13.5. The van der Waals surface area contributed by atoms with Crippen molar-refractivity contribution < 1.29 is 18.0 Å². The zero-order valence-electron chi connectivity index (χ0n) is 21.6. The molecule has 1 amide bonds. The highest BCUT2D eigenvalue weighted by Gasteiger charge is 2.34. The normalized spacial score (nSPS) is 12.4. The second-order valence-electron chi connectivity index (χ2n) is 8.50. The average Bonchev–Trinajstić information content (AvgIpc) is 2.91. The molecule has 1 heterocycles. The third-order valence-corrected chi connectivity index (χ3v) is 5.62. The maximum Gasteiger partial charge on any atom is 0.417 e. The number of hydrogen-bond acceptors (Lipinski definition) is 6. The summed E-state index contributed by atoms with van der Waals surface area (Å²) in [6.45, 7) is 5.07. The number of carbonyl (C=O) groups excluding carboxylic acids is 1. The van der Waals surface area contributed by atoms with Gasteiger partial charge in [0.25, 0.3) is 5.91 Å². The van der Waals surface area contributed by atoms with E-state index in [4.69, 9.17) is 0 Å². The van der Waals surface area contributed by atoms with Gasteiger partial charge < -0.3 is 16.0 Å². The SMILES string of the molecule is CCCCNCc1cnc(-c2ccc(N/C=C(/C(=O)NC)C(C)=Nc3ccccc3)cc2C(F)(F)F)cn1. The lowest BCUT2D eigenvalue weighted by Gasteiger charge is -2.15. The number of amides is 1. The van der Waals surface area contributed by atoms with E-state index in [2.05, 4.69) is 37.8 Å². The Morgan fingerprint density at radius 1 is 1.08 bits per heavy atom. The third-order valence-electron chi connectivity index (χ3n) is 5.62. The summed E-state index contributed by atoms with van der Waals surface area (Å²) in [5.74, 6) is -0.429. The van der Waals surface area contributed by atoms with Crippen molar-refractivity contribution in [2.45, 2.75) is 39.4 Å². The van der Waals surface area contributed by atoms with Crippen LogP contribution in [0.25, 0.3) is 11.3 Å². The van der Waals surface area contributed by atoms with Crippen LogP contribution in [-0.2, 0) is 17.5 Å². The third kappa shape index (κ3) is 7.97. The lowest BCUT2D eigenvalue weighted by atomic mass is 10.0. The highest BCUT2D eigenvalue weighted by atomic mass is 19.4. The highest BCUT2D eigenvalue weighted by molar-refractivity contribution is 6.21. The fourth-order valence-electron chi connectivity index (χ4n) is 3.58. The van der Waals surface area contributed by atoms with Crippen LogP contribution < -0.4 is 16.0 Å². The average molecular weight is 525 g/mol. The molecule has 0 saturated carbocycles. The fourth-order valence-corrected chi connectivity index (χ4v) is 3.58. The van der Waals surface area contributed by atoms with Crippen molar-refractivity contribution in [2.24, 2.45) is 4.99 Å². The molecule has 10 heteroatoms. The number of hydrogen-bond donors (Lipinski definition) is 3. The number of alkyl halides is 3. The summed E-state index contributed by atoms with van der Waals surface area (Å²) in [6.07, 6.45) is 1.63. The molecule has 3 aromatic rings. The summed E-state index contributed by atoms with van der Waals surface area (Å²) in [7, 11) is 1.47. The monoisotopic (exact) mass is 524 g/mol. The molecule has 0 fully saturated rings. The van der Waals surface area contributed by atoms with Crippen LogP contribution in [0.4, 0.5) is 24.5 Å². The van der Waals surface area contributed by atoms with E-state index in [-0.39, 0.29) is 22.5 Å². The van der Waals surface area contributed by atoms with Crippen LogP contribution in [0, 0.1) is 0 Å². The Bertz CT molecular complexity index is 1270. The molecule has 0 aliphatic heterocycles. The lowest BCUT2D eigenvalue weighted by Crippen LogP contribution is -2.24. The van der Waals surface area contributed by atoms with Crippen LogP contribution in [0.1, 0.15) is 37.9 Å². The van der Waals surface area contributed by atoms with Crippen molar-refractivity contribution in [1.29, 1.82) is 0 Å². The predicted molar refractivity (Wildman–Crippen MR) is 144 cm³/mol. The Labute approximate surface area is 220 Å². The Balaban J connectivity index is 1.87. The van der Waals surface area contributed by atoms with E-state index in [0.717, 1.165) is 25.5 Å². The van der Waals surface area contributed by atoms with Gasteiger partial charge in [-0.25, -0.2) is 0 Å². The molecule has 7 nitrogen and oxygen atoms in total. The van der Waals surface area contributed by atoms with Crippen molar-refractivity contribution in [3.05, 3.63) is 84.0 Å². The first-order valence-corrected chi connectivity index (χ1v) is 12.3. The van der Waals surface area contributed by atoms with Gasteiger partial charge in [-0.15, -0.1) is 0 Å². The van der Waals surface area contributed by atoms with E-state index < -0.39 is 17.6 Å². The van der Waals surface area contributed by atoms with Gasteiger partial charge in [-0.3, -0.25) is 19.8 Å². The van der Waals surface area contributed by atoms with Crippen molar-refractivity contribution in [2.75, 3.05) is 18.9 Å². The molecule has 1 aromatic heterocycles. The lowest BCUT2D eigenvalue weighted by molar-refractivity contribution is -0.137. The standard InChI is InChI=1S/C28H31F3N6O/c1-4-5-13-33-15-22-16-36-26(18-35-22)23-12-11-21(14-25(23)28(29,30)31)34-17-24(27(38)32-3)19(2)37-20-9-7-6-8-10-20/h6-12,14,16-18,33-34H,4-5,13,15H2,1-3H3,(H,32,38)/b24-17+,37-19?. The largest absolute Gasteiger partial charge is 0.417 e. The Hall–Kier alpha value is -4.05. The summed E-state index contributed by atoms with van der Waals surface area (Å²) in [4.78, 5) is 25.4. The molecule has 38 heavy (non-hydrogen) atoms. The Kier molecular flexibility index (Phi) is 10.1. The number of aliphatic imine (C=N–C) groups is 1. The van der Waals surface area contributed by atoms with Gasteiger partial charge in [0.2, 0.25) is 0 Å². The van der Waals surface area contributed by atoms with Gasteiger partial charge in [0.15, 0.2) is 0 Å². The maximum absolute atomic E-state index is 14.0. The van der Waals surface area contributed by atoms with Gasteiger partial charge in [-0.1, -0.05) is 37.6 Å². The van der Waals surface area contributed by atoms with Crippen LogP contribution in [0.15, 0.2) is 77.7 Å². The van der Waals surface area contributed by atoms with Crippen LogP contribution in [0.5, 0.6) is 0 Å². The Morgan fingerprint density at radius 3 is 2.47 bits per heavy atom. The topological polar surface area (TPSA) is 91.3 Å². The number of nitrogens with one attached hydrogen (secondary N) is 3. The molecule has 0 unspecified atom stereocenters. The number of benzene rings is 2. The van der Waals surface area contributed by atoms with Crippen molar-refractivity contribution in [1.82, 2.24) is 20.6 Å². The van der Waals surface area contributed by atoms with Gasteiger partial charge in [-0.05, 0) is 44.2 Å². The molecule has 3 N–H and O–H groups in total. The number of unbranched alkanes of at least 4 members (excludes halogenated alkanes) is 1. The maximum atomic E-state index is 14.0. The van der Waals surface area contributed by atoms with Gasteiger partial charge in [0.1, 0.15) is 0 Å². The number of aromatic nitrogens is 2.